The Balaban J connectivity index is 2.00. The van der Waals surface area contributed by atoms with Crippen molar-refractivity contribution in [2.24, 2.45) is 0 Å². The van der Waals surface area contributed by atoms with E-state index in [2.05, 4.69) is 0 Å². The van der Waals surface area contributed by atoms with Gasteiger partial charge in [-0.25, -0.2) is 4.79 Å². The van der Waals surface area contributed by atoms with Gasteiger partial charge in [-0.3, -0.25) is 10.1 Å². The fourth-order valence-electron chi connectivity index (χ4n) is 1.81. The molecule has 0 aliphatic heterocycles. The van der Waals surface area contributed by atoms with E-state index in [1.54, 1.807) is 43.3 Å². The third-order valence-corrected chi connectivity index (χ3v) is 2.90. The Kier molecular flexibility index (Phi) is 5.08. The number of esters is 1. The molecule has 0 saturated heterocycles. The number of rotatable bonds is 6. The molecule has 0 aliphatic carbocycles. The first-order valence-corrected chi connectivity index (χ1v) is 6.73. The van der Waals surface area contributed by atoms with Crippen LogP contribution in [0.15, 0.2) is 48.5 Å². The van der Waals surface area contributed by atoms with Gasteiger partial charge in [0.15, 0.2) is 0 Å². The lowest BCUT2D eigenvalue weighted by Gasteiger charge is -2.08. The Morgan fingerprint density at radius 1 is 1.18 bits per heavy atom. The van der Waals surface area contributed by atoms with Gasteiger partial charge in [0, 0.05) is 12.1 Å². The largest absolute Gasteiger partial charge is 0.489 e. The molecule has 0 aliphatic rings. The third-order valence-electron chi connectivity index (χ3n) is 2.90. The van der Waals surface area contributed by atoms with Crippen molar-refractivity contribution in [3.8, 4) is 5.75 Å². The highest BCUT2D eigenvalue weighted by molar-refractivity contribution is 5.89. The van der Waals surface area contributed by atoms with Crippen LogP contribution in [0, 0.1) is 10.1 Å². The van der Waals surface area contributed by atoms with Crippen LogP contribution in [0.5, 0.6) is 5.75 Å². The van der Waals surface area contributed by atoms with E-state index >= 15 is 0 Å². The molecule has 0 bridgehead atoms. The van der Waals surface area contributed by atoms with Gasteiger partial charge in [-0.15, -0.1) is 0 Å². The molecule has 0 atom stereocenters. The summed E-state index contributed by atoms with van der Waals surface area (Å²) in [5.41, 5.74) is 1.25. The number of non-ortho nitro benzene ring substituents is 1. The van der Waals surface area contributed by atoms with Crippen molar-refractivity contribution in [2.75, 3.05) is 6.61 Å². The van der Waals surface area contributed by atoms with Crippen molar-refractivity contribution in [1.29, 1.82) is 0 Å². The van der Waals surface area contributed by atoms with E-state index in [-0.39, 0.29) is 12.3 Å². The SMILES string of the molecule is CCOC(=O)c1cccc(OCc2ccc([N+](=O)[O-])cc2)c1. The van der Waals surface area contributed by atoms with Crippen LogP contribution in [0.1, 0.15) is 22.8 Å². The topological polar surface area (TPSA) is 78.7 Å². The zero-order chi connectivity index (χ0) is 15.9. The molecule has 0 N–H and O–H groups in total. The predicted molar refractivity (Wildman–Crippen MR) is 79.8 cm³/mol. The minimum Gasteiger partial charge on any atom is -0.489 e. The lowest BCUT2D eigenvalue weighted by Crippen LogP contribution is -2.05. The molecule has 114 valence electrons. The number of nitro groups is 1. The Hall–Kier alpha value is -2.89. The molecule has 6 heteroatoms. The average molecular weight is 301 g/mol. The summed E-state index contributed by atoms with van der Waals surface area (Å²) in [6.45, 7) is 2.31. The quantitative estimate of drug-likeness (QED) is 0.464. The summed E-state index contributed by atoms with van der Waals surface area (Å²) in [5, 5.41) is 10.6. The zero-order valence-electron chi connectivity index (χ0n) is 12.0. The molecule has 2 aromatic carbocycles. The monoisotopic (exact) mass is 301 g/mol. The minimum atomic E-state index is -0.451. The molecule has 0 unspecified atom stereocenters. The van der Waals surface area contributed by atoms with E-state index in [4.69, 9.17) is 9.47 Å². The number of nitrogens with zero attached hydrogens (tertiary/aromatic N) is 1. The maximum atomic E-state index is 11.6. The first-order chi connectivity index (χ1) is 10.6. The van der Waals surface area contributed by atoms with Crippen molar-refractivity contribution in [1.82, 2.24) is 0 Å². The molecule has 0 saturated carbocycles. The van der Waals surface area contributed by atoms with E-state index in [1.165, 1.54) is 12.1 Å². The number of hydrogen-bond donors (Lipinski definition) is 0. The fourth-order valence-corrected chi connectivity index (χ4v) is 1.81. The first-order valence-electron chi connectivity index (χ1n) is 6.73. The van der Waals surface area contributed by atoms with Gasteiger partial charge in [-0.1, -0.05) is 6.07 Å². The van der Waals surface area contributed by atoms with Crippen LogP contribution < -0.4 is 4.74 Å². The predicted octanol–water partition coefficient (Wildman–Crippen LogP) is 3.35. The number of carbonyl (C=O) groups excluding carboxylic acids is 1. The van der Waals surface area contributed by atoms with Crippen molar-refractivity contribution < 1.29 is 19.2 Å². The van der Waals surface area contributed by atoms with Gasteiger partial charge < -0.3 is 9.47 Å². The van der Waals surface area contributed by atoms with Crippen LogP contribution in [-0.2, 0) is 11.3 Å². The van der Waals surface area contributed by atoms with E-state index in [0.29, 0.717) is 17.9 Å². The number of hydrogen-bond acceptors (Lipinski definition) is 5. The molecule has 2 aromatic rings. The molecule has 0 heterocycles. The Labute approximate surface area is 127 Å². The summed E-state index contributed by atoms with van der Waals surface area (Å²) in [4.78, 5) is 21.8. The Morgan fingerprint density at radius 2 is 1.91 bits per heavy atom. The fraction of sp³-hybridized carbons (Fsp3) is 0.188. The maximum Gasteiger partial charge on any atom is 0.338 e. The van der Waals surface area contributed by atoms with Crippen LogP contribution in [0.4, 0.5) is 5.69 Å². The van der Waals surface area contributed by atoms with Crippen LogP contribution in [0.2, 0.25) is 0 Å². The van der Waals surface area contributed by atoms with Crippen molar-refractivity contribution in [3.63, 3.8) is 0 Å². The molecular weight excluding hydrogens is 286 g/mol. The molecular formula is C16H15NO5. The summed E-state index contributed by atoms with van der Waals surface area (Å²) >= 11 is 0. The molecule has 2 rings (SSSR count). The normalized spacial score (nSPS) is 10.0. The molecule has 22 heavy (non-hydrogen) atoms. The van der Waals surface area contributed by atoms with Gasteiger partial charge in [0.25, 0.3) is 5.69 Å². The average Bonchev–Trinajstić information content (AvgIpc) is 2.54. The molecule has 0 aromatic heterocycles. The summed E-state index contributed by atoms with van der Waals surface area (Å²) in [5.74, 6) is 0.132. The standard InChI is InChI=1S/C16H15NO5/c1-2-21-16(18)13-4-3-5-15(10-13)22-11-12-6-8-14(9-7-12)17(19)20/h3-10H,2,11H2,1H3. The van der Waals surface area contributed by atoms with Crippen molar-refractivity contribution in [3.05, 3.63) is 69.8 Å². The first kappa shape index (κ1) is 15.5. The van der Waals surface area contributed by atoms with Crippen LogP contribution in [-0.4, -0.2) is 17.5 Å². The maximum absolute atomic E-state index is 11.6. The lowest BCUT2D eigenvalue weighted by molar-refractivity contribution is -0.384. The third kappa shape index (κ3) is 4.05. The summed E-state index contributed by atoms with van der Waals surface area (Å²) in [6, 6.07) is 12.8. The Morgan fingerprint density at radius 3 is 2.55 bits per heavy atom. The highest BCUT2D eigenvalue weighted by atomic mass is 16.6. The van der Waals surface area contributed by atoms with Crippen LogP contribution >= 0.6 is 0 Å². The van der Waals surface area contributed by atoms with Crippen molar-refractivity contribution in [2.45, 2.75) is 13.5 Å². The van der Waals surface area contributed by atoms with E-state index in [1.807, 2.05) is 0 Å². The summed E-state index contributed by atoms with van der Waals surface area (Å²) in [6.07, 6.45) is 0. The van der Waals surface area contributed by atoms with E-state index in [9.17, 15) is 14.9 Å². The van der Waals surface area contributed by atoms with Gasteiger partial charge in [0.2, 0.25) is 0 Å². The molecule has 0 radical (unpaired) electrons. The number of ether oxygens (including phenoxy) is 2. The van der Waals surface area contributed by atoms with Gasteiger partial charge in [0.1, 0.15) is 12.4 Å². The smallest absolute Gasteiger partial charge is 0.338 e. The Bertz CT molecular complexity index is 666. The second-order valence-corrected chi connectivity index (χ2v) is 4.46. The molecule has 0 fully saturated rings. The highest BCUT2D eigenvalue weighted by Crippen LogP contribution is 2.17. The summed E-state index contributed by atoms with van der Waals surface area (Å²) in [7, 11) is 0. The molecule has 6 nitrogen and oxygen atoms in total. The molecule has 0 spiro atoms. The molecule has 0 amide bonds. The second kappa shape index (κ2) is 7.21. The van der Waals surface area contributed by atoms with Crippen LogP contribution in [0.25, 0.3) is 0 Å². The lowest BCUT2D eigenvalue weighted by atomic mass is 10.2. The van der Waals surface area contributed by atoms with Gasteiger partial charge in [0.05, 0.1) is 17.1 Å². The number of nitro benzene ring substituents is 1. The summed E-state index contributed by atoms with van der Waals surface area (Å²) < 4.78 is 10.5. The van der Waals surface area contributed by atoms with Crippen molar-refractivity contribution >= 4 is 11.7 Å². The van der Waals surface area contributed by atoms with Gasteiger partial charge in [-0.05, 0) is 42.8 Å². The van der Waals surface area contributed by atoms with E-state index < -0.39 is 10.9 Å². The second-order valence-electron chi connectivity index (χ2n) is 4.46. The van der Waals surface area contributed by atoms with Gasteiger partial charge in [-0.2, -0.15) is 0 Å². The van der Waals surface area contributed by atoms with E-state index in [0.717, 1.165) is 5.56 Å². The number of carbonyl (C=O) groups is 1. The minimum absolute atomic E-state index is 0.0352. The highest BCUT2D eigenvalue weighted by Gasteiger charge is 2.08. The van der Waals surface area contributed by atoms with Crippen LogP contribution in [0.3, 0.4) is 0 Å². The zero-order valence-corrected chi connectivity index (χ0v) is 12.0. The van der Waals surface area contributed by atoms with Gasteiger partial charge >= 0.3 is 5.97 Å². The number of benzene rings is 2.